The van der Waals surface area contributed by atoms with Crippen LogP contribution in [0.15, 0.2) is 36.4 Å². The number of nitrogens with one attached hydrogen (secondary N) is 2. The number of rotatable bonds is 5. The molecule has 0 radical (unpaired) electrons. The Hall–Kier alpha value is -1.25. The number of benzene rings is 1. The highest BCUT2D eigenvalue weighted by Gasteiger charge is 2.46. The Labute approximate surface area is 175 Å². The zero-order valence-electron chi connectivity index (χ0n) is 15.2. The smallest absolute Gasteiger partial charge is 0.209 e. The van der Waals surface area contributed by atoms with E-state index >= 15 is 4.39 Å². The molecule has 5 rings (SSSR count). The van der Waals surface area contributed by atoms with Gasteiger partial charge in [0.15, 0.2) is 0 Å². The third-order valence-electron chi connectivity index (χ3n) is 5.43. The zero-order valence-corrected chi connectivity index (χ0v) is 17.6. The van der Waals surface area contributed by atoms with Crippen LogP contribution >= 0.6 is 24.0 Å². The summed E-state index contributed by atoms with van der Waals surface area (Å²) in [5, 5.41) is 3.78. The monoisotopic (exact) mass is 445 g/mol. The molecule has 28 heavy (non-hydrogen) atoms. The van der Waals surface area contributed by atoms with Crippen LogP contribution in [0.3, 0.4) is 0 Å². The molecule has 3 aliphatic rings. The fraction of sp³-hybridized carbons (Fsp3) is 0.421. The first-order valence-corrected chi connectivity index (χ1v) is 11.2. The second-order valence-electron chi connectivity index (χ2n) is 7.45. The van der Waals surface area contributed by atoms with E-state index < -0.39 is 10.0 Å². The zero-order chi connectivity index (χ0) is 19.2. The Morgan fingerprint density at radius 2 is 1.96 bits per heavy atom. The molecule has 0 unspecified atom stereocenters. The van der Waals surface area contributed by atoms with Gasteiger partial charge in [0, 0.05) is 23.7 Å². The van der Waals surface area contributed by atoms with Gasteiger partial charge in [-0.3, -0.25) is 0 Å². The van der Waals surface area contributed by atoms with E-state index in [-0.39, 0.29) is 30.3 Å². The Morgan fingerprint density at radius 1 is 1.25 bits per heavy atom. The summed E-state index contributed by atoms with van der Waals surface area (Å²) in [6.45, 7) is 0. The van der Waals surface area contributed by atoms with Crippen molar-refractivity contribution in [1.29, 1.82) is 0 Å². The van der Waals surface area contributed by atoms with Crippen molar-refractivity contribution < 1.29 is 12.8 Å². The molecule has 2 bridgehead atoms. The summed E-state index contributed by atoms with van der Waals surface area (Å²) < 4.78 is 41.4. The summed E-state index contributed by atoms with van der Waals surface area (Å²) in [6.07, 6.45) is 3.48. The van der Waals surface area contributed by atoms with Crippen molar-refractivity contribution in [1.82, 2.24) is 15.0 Å². The standard InChI is InChI=1S/C19H21ClFN3O2S.ClH/c1-27(25,26)24-19-12-8-13(9-12)22-16(19)10-11-4-2-5-14(18(11)21)15-6-3-7-17(20)23-15;/h2-7,12-13,16,19,22,24H,8-10H2,1H3;1H/t12?,13?,16-,19-;/m0./s1. The molecule has 2 aromatic rings. The number of aromatic nitrogens is 1. The summed E-state index contributed by atoms with van der Waals surface area (Å²) in [5.41, 5.74) is 1.41. The maximum Gasteiger partial charge on any atom is 0.209 e. The molecular weight excluding hydrogens is 424 g/mol. The van der Waals surface area contributed by atoms with Gasteiger partial charge in [0.2, 0.25) is 10.0 Å². The number of fused-ring (bicyclic) bond motifs is 2. The highest BCUT2D eigenvalue weighted by atomic mass is 35.5. The number of pyridine rings is 1. The average Bonchev–Trinajstić information content (AvgIpc) is 2.55. The Morgan fingerprint density at radius 3 is 2.64 bits per heavy atom. The van der Waals surface area contributed by atoms with Crippen LogP contribution in [0.1, 0.15) is 18.4 Å². The molecule has 0 amide bonds. The summed E-state index contributed by atoms with van der Waals surface area (Å²) >= 11 is 5.94. The van der Waals surface area contributed by atoms with Gasteiger partial charge in [-0.1, -0.05) is 29.8 Å². The van der Waals surface area contributed by atoms with Gasteiger partial charge < -0.3 is 5.32 Å². The highest BCUT2D eigenvalue weighted by molar-refractivity contribution is 7.88. The first kappa shape index (κ1) is 21.5. The SMILES string of the molecule is CS(=O)(=O)N[C@H]1C2CC(C2)N[C@H]1Cc1cccc(-c2cccc(Cl)n2)c1F.Cl. The highest BCUT2D eigenvalue weighted by Crippen LogP contribution is 2.38. The maximum absolute atomic E-state index is 15.2. The second kappa shape index (κ2) is 8.24. The topological polar surface area (TPSA) is 71.1 Å². The molecule has 1 aromatic heterocycles. The quantitative estimate of drug-likeness (QED) is 0.693. The molecule has 9 heteroatoms. The lowest BCUT2D eigenvalue weighted by Gasteiger charge is -2.52. The van der Waals surface area contributed by atoms with E-state index in [0.29, 0.717) is 40.4 Å². The van der Waals surface area contributed by atoms with E-state index in [9.17, 15) is 8.42 Å². The van der Waals surface area contributed by atoms with Gasteiger partial charge in [0.25, 0.3) is 0 Å². The predicted octanol–water partition coefficient (Wildman–Crippen LogP) is 3.17. The van der Waals surface area contributed by atoms with Crippen LogP contribution in [0.2, 0.25) is 5.15 Å². The average molecular weight is 446 g/mol. The van der Waals surface area contributed by atoms with Crippen molar-refractivity contribution in [2.45, 2.75) is 37.4 Å². The molecule has 2 atom stereocenters. The minimum atomic E-state index is -3.33. The van der Waals surface area contributed by atoms with Crippen LogP contribution in [-0.2, 0) is 16.4 Å². The molecule has 3 fully saturated rings. The number of hydrogen-bond donors (Lipinski definition) is 2. The number of sulfonamides is 1. The van der Waals surface area contributed by atoms with Crippen molar-refractivity contribution in [2.24, 2.45) is 5.92 Å². The number of nitrogens with zero attached hydrogens (tertiary/aromatic N) is 1. The number of piperidine rings is 2. The Balaban J connectivity index is 0.00000225. The molecular formula is C19H22Cl2FN3O2S. The Bertz CT molecular complexity index is 967. The minimum absolute atomic E-state index is 0. The molecule has 0 spiro atoms. The lowest BCUT2D eigenvalue weighted by Crippen LogP contribution is -2.67. The van der Waals surface area contributed by atoms with E-state index in [1.807, 2.05) is 0 Å². The molecule has 152 valence electrons. The van der Waals surface area contributed by atoms with Crippen LogP contribution in [-0.4, -0.2) is 37.8 Å². The van der Waals surface area contributed by atoms with E-state index in [2.05, 4.69) is 15.0 Å². The lowest BCUT2D eigenvalue weighted by molar-refractivity contribution is 0.0809. The first-order chi connectivity index (χ1) is 12.8. The number of halogens is 3. The van der Waals surface area contributed by atoms with Gasteiger partial charge in [0.1, 0.15) is 11.0 Å². The molecule has 2 N–H and O–H groups in total. The van der Waals surface area contributed by atoms with Crippen molar-refractivity contribution in [2.75, 3.05) is 6.26 Å². The lowest BCUT2D eigenvalue weighted by atomic mass is 9.68. The summed E-state index contributed by atoms with van der Waals surface area (Å²) in [4.78, 5) is 4.19. The van der Waals surface area contributed by atoms with Crippen LogP contribution in [0.25, 0.3) is 11.3 Å². The fourth-order valence-corrected chi connectivity index (χ4v) is 5.18. The predicted molar refractivity (Wildman–Crippen MR) is 111 cm³/mol. The van der Waals surface area contributed by atoms with Crippen molar-refractivity contribution >= 4 is 34.0 Å². The van der Waals surface area contributed by atoms with Gasteiger partial charge in [0.05, 0.1) is 11.9 Å². The third-order valence-corrected chi connectivity index (χ3v) is 6.34. The van der Waals surface area contributed by atoms with Gasteiger partial charge >= 0.3 is 0 Å². The van der Waals surface area contributed by atoms with E-state index in [4.69, 9.17) is 11.6 Å². The molecule has 2 saturated heterocycles. The van der Waals surface area contributed by atoms with Crippen molar-refractivity contribution in [3.63, 3.8) is 0 Å². The fourth-order valence-electron chi connectivity index (χ4n) is 4.17. The van der Waals surface area contributed by atoms with Crippen LogP contribution in [0.5, 0.6) is 0 Å². The first-order valence-electron chi connectivity index (χ1n) is 8.94. The Kier molecular flexibility index (Phi) is 6.32. The minimum Gasteiger partial charge on any atom is -0.309 e. The molecule has 1 aliphatic carbocycles. The summed E-state index contributed by atoms with van der Waals surface area (Å²) in [5.74, 6) is -0.0387. The molecule has 3 heterocycles. The maximum atomic E-state index is 15.2. The second-order valence-corrected chi connectivity index (χ2v) is 9.61. The van der Waals surface area contributed by atoms with Crippen molar-refractivity contribution in [3.8, 4) is 11.3 Å². The normalized spacial score (nSPS) is 26.2. The largest absolute Gasteiger partial charge is 0.309 e. The summed E-state index contributed by atoms with van der Waals surface area (Å²) in [6, 6.07) is 10.3. The third kappa shape index (κ3) is 4.49. The van der Waals surface area contributed by atoms with Crippen LogP contribution in [0.4, 0.5) is 4.39 Å². The molecule has 1 saturated carbocycles. The van der Waals surface area contributed by atoms with Crippen LogP contribution in [0, 0.1) is 11.7 Å². The van der Waals surface area contributed by atoms with Gasteiger partial charge in [-0.2, -0.15) is 0 Å². The number of hydrogen-bond acceptors (Lipinski definition) is 4. The van der Waals surface area contributed by atoms with Crippen LogP contribution < -0.4 is 10.0 Å². The van der Waals surface area contributed by atoms with E-state index in [1.54, 1.807) is 36.4 Å². The van der Waals surface area contributed by atoms with Gasteiger partial charge in [-0.25, -0.2) is 22.5 Å². The van der Waals surface area contributed by atoms with Gasteiger partial charge in [-0.05, 0) is 48.9 Å². The van der Waals surface area contributed by atoms with Gasteiger partial charge in [-0.15, -0.1) is 12.4 Å². The molecule has 2 aliphatic heterocycles. The van der Waals surface area contributed by atoms with E-state index in [0.717, 1.165) is 12.8 Å². The molecule has 1 aromatic carbocycles. The van der Waals surface area contributed by atoms with Crippen molar-refractivity contribution in [3.05, 3.63) is 52.9 Å². The van der Waals surface area contributed by atoms with E-state index in [1.165, 1.54) is 6.26 Å². The molecule has 5 nitrogen and oxygen atoms in total. The summed E-state index contributed by atoms with van der Waals surface area (Å²) in [7, 11) is -3.33.